The Hall–Kier alpha value is -1.96. The summed E-state index contributed by atoms with van der Waals surface area (Å²) in [7, 11) is 0. The number of thioether (sulfide) groups is 1. The second-order valence-electron chi connectivity index (χ2n) is 8.21. The van der Waals surface area contributed by atoms with Crippen LogP contribution in [0.2, 0.25) is 0 Å². The smallest absolute Gasteiger partial charge is 0.450 e. The summed E-state index contributed by atoms with van der Waals surface area (Å²) < 4.78 is 4.88. The molecule has 2 aliphatic rings. The summed E-state index contributed by atoms with van der Waals surface area (Å²) in [5.41, 5.74) is 0.656. The van der Waals surface area contributed by atoms with E-state index < -0.39 is 6.16 Å². The number of aromatic nitrogens is 1. The van der Waals surface area contributed by atoms with Crippen LogP contribution in [-0.2, 0) is 4.74 Å². The van der Waals surface area contributed by atoms with E-state index in [1.807, 2.05) is 12.1 Å². The number of hydrogen-bond acceptors (Lipinski definition) is 6. The van der Waals surface area contributed by atoms with Crippen molar-refractivity contribution in [2.24, 2.45) is 0 Å². The number of rotatable bonds is 8. The molecule has 0 spiro atoms. The summed E-state index contributed by atoms with van der Waals surface area (Å²) in [5, 5.41) is 16.2. The first-order chi connectivity index (χ1) is 14.5. The molecule has 166 valence electrons. The van der Waals surface area contributed by atoms with Crippen LogP contribution < -0.4 is 10.6 Å². The molecule has 1 amide bonds. The Balaban J connectivity index is 1.62. The van der Waals surface area contributed by atoms with E-state index in [1.54, 1.807) is 11.8 Å². The Labute approximate surface area is 182 Å². The fourth-order valence-electron chi connectivity index (χ4n) is 4.19. The Morgan fingerprint density at radius 1 is 1.10 bits per heavy atom. The summed E-state index contributed by atoms with van der Waals surface area (Å²) in [6.45, 7) is 2.12. The van der Waals surface area contributed by atoms with E-state index in [0.717, 1.165) is 48.7 Å². The lowest BCUT2D eigenvalue weighted by Crippen LogP contribution is -2.36. The third kappa shape index (κ3) is 6.79. The van der Waals surface area contributed by atoms with Gasteiger partial charge in [-0.15, -0.1) is 11.8 Å². The van der Waals surface area contributed by atoms with Crippen molar-refractivity contribution in [2.75, 3.05) is 11.1 Å². The molecular weight excluding hydrogens is 402 g/mol. The lowest BCUT2D eigenvalue weighted by atomic mass is 9.93. The van der Waals surface area contributed by atoms with Crippen molar-refractivity contribution in [3.63, 3.8) is 0 Å². The Kier molecular flexibility index (Phi) is 8.66. The zero-order chi connectivity index (χ0) is 21.3. The van der Waals surface area contributed by atoms with E-state index in [4.69, 9.17) is 14.8 Å². The SMILES string of the molecule is CCCSc1nc(NC2CCC(OC(=O)O)CC2)ccc1C(=O)NC1CCCCC1. The molecule has 0 atom stereocenters. The molecular formula is C22H33N3O4S. The second-order valence-corrected chi connectivity index (χ2v) is 9.29. The molecule has 3 N–H and O–H groups in total. The molecule has 1 aromatic heterocycles. The van der Waals surface area contributed by atoms with Gasteiger partial charge in [0.1, 0.15) is 16.9 Å². The van der Waals surface area contributed by atoms with Gasteiger partial charge in [0.05, 0.1) is 5.56 Å². The van der Waals surface area contributed by atoms with Gasteiger partial charge in [-0.1, -0.05) is 26.2 Å². The van der Waals surface area contributed by atoms with Gasteiger partial charge in [0.15, 0.2) is 0 Å². The Morgan fingerprint density at radius 2 is 1.83 bits per heavy atom. The van der Waals surface area contributed by atoms with Gasteiger partial charge in [-0.3, -0.25) is 4.79 Å². The quantitative estimate of drug-likeness (QED) is 0.387. The average molecular weight is 436 g/mol. The van der Waals surface area contributed by atoms with Gasteiger partial charge >= 0.3 is 6.16 Å². The maximum Gasteiger partial charge on any atom is 0.506 e. The maximum atomic E-state index is 12.9. The number of amides is 1. The van der Waals surface area contributed by atoms with E-state index in [1.165, 1.54) is 19.3 Å². The fraction of sp³-hybridized carbons (Fsp3) is 0.682. The molecule has 0 aliphatic heterocycles. The molecule has 0 saturated heterocycles. The molecule has 2 fully saturated rings. The van der Waals surface area contributed by atoms with Crippen molar-refractivity contribution in [3.05, 3.63) is 17.7 Å². The minimum absolute atomic E-state index is 0.0223. The van der Waals surface area contributed by atoms with Crippen LogP contribution in [0.25, 0.3) is 0 Å². The standard InChI is InChI=1S/C22H33N3O4S/c1-2-14-30-21-18(20(26)24-15-6-4-3-5-7-15)12-13-19(25-21)23-16-8-10-17(11-9-16)29-22(27)28/h12-13,15-17H,2-11,14H2,1H3,(H,23,25)(H,24,26)(H,27,28). The van der Waals surface area contributed by atoms with Crippen molar-refractivity contribution in [1.82, 2.24) is 10.3 Å². The molecule has 30 heavy (non-hydrogen) atoms. The van der Waals surface area contributed by atoms with E-state index >= 15 is 0 Å². The number of pyridine rings is 1. The average Bonchev–Trinajstić information content (AvgIpc) is 2.74. The largest absolute Gasteiger partial charge is 0.506 e. The van der Waals surface area contributed by atoms with Crippen LogP contribution in [0.5, 0.6) is 0 Å². The lowest BCUT2D eigenvalue weighted by Gasteiger charge is -2.28. The first-order valence-corrected chi connectivity index (χ1v) is 12.1. The van der Waals surface area contributed by atoms with Gasteiger partial charge in [-0.05, 0) is 62.8 Å². The highest BCUT2D eigenvalue weighted by atomic mass is 32.2. The number of carbonyl (C=O) groups is 2. The summed E-state index contributed by atoms with van der Waals surface area (Å²) in [5.74, 6) is 1.66. The van der Waals surface area contributed by atoms with Gasteiger partial charge in [-0.2, -0.15) is 0 Å². The number of ether oxygens (including phenoxy) is 1. The highest BCUT2D eigenvalue weighted by molar-refractivity contribution is 7.99. The number of anilines is 1. The van der Waals surface area contributed by atoms with E-state index in [0.29, 0.717) is 18.4 Å². The van der Waals surface area contributed by atoms with E-state index in [2.05, 4.69) is 17.6 Å². The van der Waals surface area contributed by atoms with Crippen molar-refractivity contribution in [2.45, 2.75) is 94.3 Å². The lowest BCUT2D eigenvalue weighted by molar-refractivity contribution is 0.0343. The highest BCUT2D eigenvalue weighted by Crippen LogP contribution is 2.27. The van der Waals surface area contributed by atoms with Crippen molar-refractivity contribution >= 4 is 29.6 Å². The summed E-state index contributed by atoms with van der Waals surface area (Å²) in [4.78, 5) is 28.3. The van der Waals surface area contributed by atoms with Crippen LogP contribution in [0, 0.1) is 0 Å². The first kappa shape index (κ1) is 22.7. The second kappa shape index (κ2) is 11.4. The van der Waals surface area contributed by atoms with Gasteiger partial charge in [-0.25, -0.2) is 9.78 Å². The van der Waals surface area contributed by atoms with Crippen molar-refractivity contribution in [3.8, 4) is 0 Å². The van der Waals surface area contributed by atoms with Crippen LogP contribution in [0.1, 0.15) is 81.5 Å². The zero-order valence-corrected chi connectivity index (χ0v) is 18.5. The van der Waals surface area contributed by atoms with Crippen LogP contribution in [0.4, 0.5) is 10.6 Å². The summed E-state index contributed by atoms with van der Waals surface area (Å²) in [6, 6.07) is 4.27. The number of hydrogen-bond donors (Lipinski definition) is 3. The predicted molar refractivity (Wildman–Crippen MR) is 118 cm³/mol. The van der Waals surface area contributed by atoms with Crippen LogP contribution in [-0.4, -0.2) is 46.1 Å². The van der Waals surface area contributed by atoms with Gasteiger partial charge in [0, 0.05) is 12.1 Å². The fourth-order valence-corrected chi connectivity index (χ4v) is 5.07. The normalized spacial score (nSPS) is 22.3. The van der Waals surface area contributed by atoms with Crippen molar-refractivity contribution < 1.29 is 19.4 Å². The van der Waals surface area contributed by atoms with Gasteiger partial charge < -0.3 is 20.5 Å². The molecule has 1 aromatic rings. The molecule has 0 radical (unpaired) electrons. The Morgan fingerprint density at radius 3 is 2.50 bits per heavy atom. The molecule has 2 aliphatic carbocycles. The molecule has 8 heteroatoms. The first-order valence-electron chi connectivity index (χ1n) is 11.2. The van der Waals surface area contributed by atoms with E-state index in [9.17, 15) is 9.59 Å². The topological polar surface area (TPSA) is 101 Å². The minimum Gasteiger partial charge on any atom is -0.450 e. The molecule has 7 nitrogen and oxygen atoms in total. The molecule has 3 rings (SSSR count). The van der Waals surface area contributed by atoms with Gasteiger partial charge in [0.25, 0.3) is 5.91 Å². The van der Waals surface area contributed by atoms with Crippen molar-refractivity contribution in [1.29, 1.82) is 0 Å². The maximum absolute atomic E-state index is 12.9. The third-order valence-electron chi connectivity index (χ3n) is 5.78. The van der Waals surface area contributed by atoms with Crippen LogP contribution in [0.15, 0.2) is 17.2 Å². The molecule has 0 bridgehead atoms. The van der Waals surface area contributed by atoms with Gasteiger partial charge in [0.2, 0.25) is 0 Å². The Bertz CT molecular complexity index is 716. The van der Waals surface area contributed by atoms with Crippen LogP contribution in [0.3, 0.4) is 0 Å². The number of carboxylic acid groups (broad SMARTS) is 1. The van der Waals surface area contributed by atoms with Crippen LogP contribution >= 0.6 is 11.8 Å². The minimum atomic E-state index is -1.20. The number of nitrogens with one attached hydrogen (secondary N) is 2. The number of carbonyl (C=O) groups excluding carboxylic acids is 1. The van der Waals surface area contributed by atoms with E-state index in [-0.39, 0.29) is 24.1 Å². The highest BCUT2D eigenvalue weighted by Gasteiger charge is 2.25. The molecule has 2 saturated carbocycles. The zero-order valence-electron chi connectivity index (χ0n) is 17.7. The molecule has 0 aromatic carbocycles. The molecule has 1 heterocycles. The summed E-state index contributed by atoms with van der Waals surface area (Å²) in [6.07, 6.45) is 8.44. The third-order valence-corrected chi connectivity index (χ3v) is 6.98. The monoisotopic (exact) mass is 435 g/mol. The predicted octanol–water partition coefficient (Wildman–Crippen LogP) is 5.06. The number of nitrogens with zero attached hydrogens (tertiary/aromatic N) is 1. The summed E-state index contributed by atoms with van der Waals surface area (Å²) >= 11 is 1.62. The molecule has 0 unspecified atom stereocenters.